The van der Waals surface area contributed by atoms with Crippen LogP contribution >= 0.6 is 0 Å². The van der Waals surface area contributed by atoms with Crippen molar-refractivity contribution in [3.63, 3.8) is 0 Å². The van der Waals surface area contributed by atoms with Crippen molar-refractivity contribution in [2.45, 2.75) is 0 Å². The first-order chi connectivity index (χ1) is 22.5. The van der Waals surface area contributed by atoms with Crippen molar-refractivity contribution >= 4 is 22.7 Å². The fraction of sp³-hybridized carbons (Fsp3) is 0. The average Bonchev–Trinajstić information content (AvgIpc) is 3.76. The lowest BCUT2D eigenvalue weighted by atomic mass is 10.0. The maximum absolute atomic E-state index is 11.2. The van der Waals surface area contributed by atoms with E-state index in [-0.39, 0.29) is 5.69 Å². The topological polar surface area (TPSA) is 104 Å². The molecular weight excluding hydrogens is 572 g/mol. The number of nitro groups is 1. The van der Waals surface area contributed by atoms with E-state index in [1.54, 1.807) is 16.7 Å². The molecule has 0 aliphatic carbocycles. The number of nitrogens with two attached hydrogens (primary N) is 1. The molecule has 0 bridgehead atoms. The summed E-state index contributed by atoms with van der Waals surface area (Å²) in [6.45, 7) is 0. The predicted octanol–water partition coefficient (Wildman–Crippen LogP) is 8.83. The lowest BCUT2D eigenvalue weighted by Gasteiger charge is -2.03. The van der Waals surface area contributed by atoms with Gasteiger partial charge in [0.05, 0.1) is 22.0 Å². The van der Waals surface area contributed by atoms with E-state index in [0.29, 0.717) is 17.0 Å². The van der Waals surface area contributed by atoms with Gasteiger partial charge < -0.3 is 14.5 Å². The SMILES string of the molecule is Nc1cccn2cc(-c3cccc(-c4ccccc4)c3)nc12.O=[N+]([O-])c1cccn2cc(-c3cccc(-c4ccccc4)c3)nc12. The first-order valence-corrected chi connectivity index (χ1v) is 14.7. The smallest absolute Gasteiger partial charge is 0.312 e. The van der Waals surface area contributed by atoms with E-state index >= 15 is 0 Å². The molecule has 4 aromatic heterocycles. The quantitative estimate of drug-likeness (QED) is 0.157. The molecule has 0 amide bonds. The van der Waals surface area contributed by atoms with Crippen LogP contribution in [0.15, 0.2) is 158 Å². The molecule has 0 saturated carbocycles. The second-order valence-corrected chi connectivity index (χ2v) is 10.7. The molecule has 0 fully saturated rings. The highest BCUT2D eigenvalue weighted by atomic mass is 16.6. The molecule has 0 aliphatic rings. The van der Waals surface area contributed by atoms with Gasteiger partial charge in [-0.3, -0.25) is 10.1 Å². The Morgan fingerprint density at radius 2 is 0.978 bits per heavy atom. The van der Waals surface area contributed by atoms with Crippen LogP contribution in [0, 0.1) is 10.1 Å². The minimum atomic E-state index is -0.410. The Morgan fingerprint density at radius 3 is 1.50 bits per heavy atom. The highest BCUT2D eigenvalue weighted by Crippen LogP contribution is 2.29. The second kappa shape index (κ2) is 12.2. The van der Waals surface area contributed by atoms with Gasteiger partial charge in [0.25, 0.3) is 0 Å². The molecule has 0 unspecified atom stereocenters. The molecule has 8 nitrogen and oxygen atoms in total. The molecule has 222 valence electrons. The van der Waals surface area contributed by atoms with Crippen LogP contribution in [0.25, 0.3) is 56.1 Å². The molecule has 0 aliphatic heterocycles. The first-order valence-electron chi connectivity index (χ1n) is 14.7. The fourth-order valence-electron chi connectivity index (χ4n) is 5.43. The highest BCUT2D eigenvalue weighted by molar-refractivity contribution is 5.76. The number of nitrogens with zero attached hydrogens (tertiary/aromatic N) is 5. The van der Waals surface area contributed by atoms with E-state index in [1.165, 1.54) is 17.2 Å². The van der Waals surface area contributed by atoms with E-state index < -0.39 is 4.92 Å². The minimum absolute atomic E-state index is 0.00274. The number of hydrogen-bond acceptors (Lipinski definition) is 5. The third-order valence-electron chi connectivity index (χ3n) is 7.70. The number of anilines is 1. The van der Waals surface area contributed by atoms with Gasteiger partial charge >= 0.3 is 5.69 Å². The van der Waals surface area contributed by atoms with Crippen molar-refractivity contribution in [3.05, 3.63) is 168 Å². The van der Waals surface area contributed by atoms with Crippen LogP contribution in [0.4, 0.5) is 11.4 Å². The molecular formula is C38H28N6O2. The zero-order valence-corrected chi connectivity index (χ0v) is 24.6. The fourth-order valence-corrected chi connectivity index (χ4v) is 5.43. The molecule has 0 saturated heterocycles. The van der Waals surface area contributed by atoms with Crippen LogP contribution in [0.5, 0.6) is 0 Å². The summed E-state index contributed by atoms with van der Waals surface area (Å²) in [5, 5.41) is 11.2. The van der Waals surface area contributed by atoms with Crippen molar-refractivity contribution in [1.29, 1.82) is 0 Å². The Bertz CT molecular complexity index is 2310. The lowest BCUT2D eigenvalue weighted by Crippen LogP contribution is -1.92. The van der Waals surface area contributed by atoms with Crippen molar-refractivity contribution in [2.24, 2.45) is 0 Å². The Balaban J connectivity index is 0.000000147. The van der Waals surface area contributed by atoms with Gasteiger partial charge in [-0.15, -0.1) is 0 Å². The lowest BCUT2D eigenvalue weighted by molar-refractivity contribution is -0.383. The van der Waals surface area contributed by atoms with Gasteiger partial charge in [0, 0.05) is 42.0 Å². The highest BCUT2D eigenvalue weighted by Gasteiger charge is 2.16. The van der Waals surface area contributed by atoms with E-state index in [4.69, 9.17) is 5.73 Å². The summed E-state index contributed by atoms with van der Waals surface area (Å²) in [4.78, 5) is 19.9. The molecule has 46 heavy (non-hydrogen) atoms. The summed E-state index contributed by atoms with van der Waals surface area (Å²) in [6, 6.07) is 43.7. The summed E-state index contributed by atoms with van der Waals surface area (Å²) < 4.78 is 3.64. The third kappa shape index (κ3) is 5.70. The molecule has 4 aromatic carbocycles. The first kappa shape index (κ1) is 28.2. The standard InChI is InChI=1S/C19H13N3O2.C19H15N3/c23-22(24)18-10-5-11-21-13-17(20-19(18)21)16-9-4-8-15(12-16)14-6-2-1-3-7-14;20-17-10-5-11-22-13-18(21-19(17)22)16-9-4-8-15(12-16)14-6-2-1-3-7-14/h1-13H;1-13H,20H2. The van der Waals surface area contributed by atoms with Crippen molar-refractivity contribution in [2.75, 3.05) is 5.73 Å². The van der Waals surface area contributed by atoms with Crippen LogP contribution in [0.1, 0.15) is 0 Å². The van der Waals surface area contributed by atoms with Gasteiger partial charge in [-0.2, -0.15) is 0 Å². The third-order valence-corrected chi connectivity index (χ3v) is 7.70. The molecule has 0 atom stereocenters. The number of aromatic nitrogens is 4. The summed E-state index contributed by atoms with van der Waals surface area (Å²) in [6.07, 6.45) is 7.55. The molecule has 8 heteroatoms. The maximum atomic E-state index is 11.2. The Hall–Kier alpha value is -6.54. The number of imidazole rings is 2. The summed E-state index contributed by atoms with van der Waals surface area (Å²) in [5.41, 5.74) is 16.1. The number of fused-ring (bicyclic) bond motifs is 2. The van der Waals surface area contributed by atoms with Crippen molar-refractivity contribution in [1.82, 2.24) is 18.8 Å². The molecule has 0 spiro atoms. The van der Waals surface area contributed by atoms with Gasteiger partial charge in [-0.1, -0.05) is 97.1 Å². The van der Waals surface area contributed by atoms with E-state index in [9.17, 15) is 10.1 Å². The number of hydrogen-bond donors (Lipinski definition) is 1. The van der Waals surface area contributed by atoms with Crippen molar-refractivity contribution in [3.8, 4) is 44.8 Å². The van der Waals surface area contributed by atoms with Gasteiger partial charge in [0.15, 0.2) is 5.65 Å². The predicted molar refractivity (Wildman–Crippen MR) is 183 cm³/mol. The zero-order chi connectivity index (χ0) is 31.5. The van der Waals surface area contributed by atoms with Crippen LogP contribution in [-0.2, 0) is 0 Å². The molecule has 2 N–H and O–H groups in total. The van der Waals surface area contributed by atoms with Crippen LogP contribution in [0.2, 0.25) is 0 Å². The van der Waals surface area contributed by atoms with E-state index in [1.807, 2.05) is 108 Å². The molecule has 8 aromatic rings. The van der Waals surface area contributed by atoms with Crippen molar-refractivity contribution < 1.29 is 4.92 Å². The molecule has 4 heterocycles. The summed E-state index contributed by atoms with van der Waals surface area (Å²) in [5.74, 6) is 0. The van der Waals surface area contributed by atoms with E-state index in [0.717, 1.165) is 33.6 Å². The Morgan fingerprint density at radius 1 is 0.522 bits per heavy atom. The second-order valence-electron chi connectivity index (χ2n) is 10.7. The van der Waals surface area contributed by atoms with Gasteiger partial charge in [-0.05, 0) is 52.6 Å². The van der Waals surface area contributed by atoms with Gasteiger partial charge in [-0.25, -0.2) is 9.97 Å². The van der Waals surface area contributed by atoms with Crippen LogP contribution in [-0.4, -0.2) is 23.7 Å². The largest absolute Gasteiger partial charge is 0.396 e. The van der Waals surface area contributed by atoms with Gasteiger partial charge in [0.1, 0.15) is 0 Å². The number of rotatable bonds is 5. The maximum Gasteiger partial charge on any atom is 0.312 e. The normalized spacial score (nSPS) is 10.9. The summed E-state index contributed by atoms with van der Waals surface area (Å²) >= 11 is 0. The number of nitrogen functional groups attached to an aromatic ring is 1. The number of benzene rings is 4. The molecule has 0 radical (unpaired) electrons. The Labute approximate surface area is 264 Å². The molecule has 8 rings (SSSR count). The van der Waals surface area contributed by atoms with Gasteiger partial charge in [0.2, 0.25) is 5.65 Å². The average molecular weight is 601 g/mol. The monoisotopic (exact) mass is 600 g/mol. The van der Waals surface area contributed by atoms with Crippen LogP contribution < -0.4 is 5.73 Å². The van der Waals surface area contributed by atoms with E-state index in [2.05, 4.69) is 46.4 Å². The minimum Gasteiger partial charge on any atom is -0.396 e. The zero-order valence-electron chi connectivity index (χ0n) is 24.6. The Kier molecular flexibility index (Phi) is 7.50. The number of pyridine rings is 2. The van der Waals surface area contributed by atoms with Crippen LogP contribution in [0.3, 0.4) is 0 Å². The summed E-state index contributed by atoms with van der Waals surface area (Å²) in [7, 11) is 0.